The van der Waals surface area contributed by atoms with Crippen LogP contribution in [0, 0.1) is 5.82 Å². The normalized spacial score (nSPS) is 12.7. The van der Waals surface area contributed by atoms with Crippen molar-refractivity contribution in [2.75, 3.05) is 6.54 Å². The Hall–Kier alpha value is -2.20. The summed E-state index contributed by atoms with van der Waals surface area (Å²) in [5.41, 5.74) is 2.87. The molecule has 1 aromatic heterocycles. The maximum atomic E-state index is 13.6. The predicted octanol–water partition coefficient (Wildman–Crippen LogP) is 3.61. The second-order valence-corrected chi connectivity index (χ2v) is 5.53. The molecule has 0 radical (unpaired) electrons. The maximum Gasteiger partial charge on any atom is 0.126 e. The molecule has 0 amide bonds. The summed E-state index contributed by atoms with van der Waals surface area (Å²) in [6.07, 6.45) is 0.668. The average molecular weight is 297 g/mol. The molecular weight excluding hydrogens is 277 g/mol. The highest BCUT2D eigenvalue weighted by Gasteiger charge is 2.13. The van der Waals surface area contributed by atoms with Gasteiger partial charge in [0, 0.05) is 7.05 Å². The van der Waals surface area contributed by atoms with E-state index in [-0.39, 0.29) is 11.9 Å². The third-order valence-corrected chi connectivity index (χ3v) is 4.01. The Kier molecular flexibility index (Phi) is 4.20. The van der Waals surface area contributed by atoms with Crippen molar-refractivity contribution in [1.82, 2.24) is 14.9 Å². The minimum atomic E-state index is -0.139. The molecule has 0 saturated heterocycles. The highest BCUT2D eigenvalue weighted by atomic mass is 19.1. The van der Waals surface area contributed by atoms with Gasteiger partial charge in [-0.1, -0.05) is 30.3 Å². The molecule has 1 N–H and O–H groups in total. The summed E-state index contributed by atoms with van der Waals surface area (Å²) in [6, 6.07) is 15.1. The fraction of sp³-hybridized carbons (Fsp3) is 0.278. The number of nitrogens with zero attached hydrogens (tertiary/aromatic N) is 2. The summed E-state index contributed by atoms with van der Waals surface area (Å²) in [5.74, 6) is 0.856. The molecule has 1 atom stereocenters. The van der Waals surface area contributed by atoms with Crippen LogP contribution in [-0.2, 0) is 13.5 Å². The first-order valence-electron chi connectivity index (χ1n) is 7.55. The van der Waals surface area contributed by atoms with Crippen LogP contribution >= 0.6 is 0 Å². The second kappa shape index (κ2) is 6.28. The van der Waals surface area contributed by atoms with Crippen molar-refractivity contribution in [3.05, 3.63) is 65.7 Å². The lowest BCUT2D eigenvalue weighted by atomic mass is 10.1. The number of fused-ring (bicyclic) bond motifs is 1. The zero-order valence-corrected chi connectivity index (χ0v) is 12.9. The summed E-state index contributed by atoms with van der Waals surface area (Å²) in [6.45, 7) is 2.80. The van der Waals surface area contributed by atoms with Crippen LogP contribution in [0.1, 0.15) is 24.4 Å². The molecule has 114 valence electrons. The van der Waals surface area contributed by atoms with Crippen molar-refractivity contribution in [3.8, 4) is 0 Å². The van der Waals surface area contributed by atoms with E-state index in [1.165, 1.54) is 6.07 Å². The lowest BCUT2D eigenvalue weighted by Gasteiger charge is -2.14. The van der Waals surface area contributed by atoms with Gasteiger partial charge in [-0.05, 0) is 43.7 Å². The van der Waals surface area contributed by atoms with Gasteiger partial charge in [-0.15, -0.1) is 0 Å². The van der Waals surface area contributed by atoms with Crippen LogP contribution < -0.4 is 5.32 Å². The third-order valence-electron chi connectivity index (χ3n) is 4.01. The molecule has 0 saturated carbocycles. The van der Waals surface area contributed by atoms with E-state index in [0.29, 0.717) is 13.0 Å². The van der Waals surface area contributed by atoms with Gasteiger partial charge in [0.15, 0.2) is 0 Å². The van der Waals surface area contributed by atoms with E-state index >= 15 is 0 Å². The van der Waals surface area contributed by atoms with Crippen molar-refractivity contribution < 1.29 is 4.39 Å². The summed E-state index contributed by atoms with van der Waals surface area (Å²) < 4.78 is 15.7. The first kappa shape index (κ1) is 14.7. The van der Waals surface area contributed by atoms with Crippen molar-refractivity contribution in [1.29, 1.82) is 0 Å². The van der Waals surface area contributed by atoms with E-state index < -0.39 is 0 Å². The number of rotatable bonds is 5. The molecule has 4 heteroatoms. The number of aromatic nitrogens is 2. The molecule has 1 heterocycles. The Morgan fingerprint density at radius 3 is 2.64 bits per heavy atom. The fourth-order valence-electron chi connectivity index (χ4n) is 2.77. The monoisotopic (exact) mass is 297 g/mol. The summed E-state index contributed by atoms with van der Waals surface area (Å²) in [4.78, 5) is 4.68. The van der Waals surface area contributed by atoms with Crippen molar-refractivity contribution >= 4 is 11.0 Å². The van der Waals surface area contributed by atoms with Crippen molar-refractivity contribution in [2.24, 2.45) is 7.05 Å². The minimum Gasteiger partial charge on any atom is -0.330 e. The molecule has 0 aliphatic heterocycles. The smallest absolute Gasteiger partial charge is 0.126 e. The van der Waals surface area contributed by atoms with E-state index in [2.05, 4.69) is 27.9 Å². The molecular formula is C18H20FN3. The molecule has 3 aromatic rings. The van der Waals surface area contributed by atoms with E-state index in [9.17, 15) is 4.39 Å². The van der Waals surface area contributed by atoms with Crippen LogP contribution in [0.2, 0.25) is 0 Å². The fourth-order valence-corrected chi connectivity index (χ4v) is 2.77. The Balaban J connectivity index is 1.67. The van der Waals surface area contributed by atoms with Crippen LogP contribution in [0.4, 0.5) is 4.39 Å². The first-order valence-corrected chi connectivity index (χ1v) is 7.55. The standard InChI is InChI=1S/C18H20FN3/c1-13(20-12-11-14-7-3-4-8-15(14)19)18-21-16-9-5-6-10-17(16)22(18)2/h3-10,13,20H,11-12H2,1-2H3. The predicted molar refractivity (Wildman–Crippen MR) is 87.2 cm³/mol. The molecule has 1 unspecified atom stereocenters. The van der Waals surface area contributed by atoms with Crippen LogP contribution in [0.5, 0.6) is 0 Å². The minimum absolute atomic E-state index is 0.115. The molecule has 0 spiro atoms. The van der Waals surface area contributed by atoms with Crippen LogP contribution in [0.15, 0.2) is 48.5 Å². The Morgan fingerprint density at radius 2 is 1.86 bits per heavy atom. The Bertz CT molecular complexity index is 779. The lowest BCUT2D eigenvalue weighted by molar-refractivity contribution is 0.528. The Labute approximate surface area is 129 Å². The van der Waals surface area contributed by atoms with Gasteiger partial charge in [-0.3, -0.25) is 0 Å². The quantitative estimate of drug-likeness (QED) is 0.779. The van der Waals surface area contributed by atoms with E-state index in [0.717, 1.165) is 22.4 Å². The summed E-state index contributed by atoms with van der Waals surface area (Å²) in [5, 5.41) is 3.43. The van der Waals surface area contributed by atoms with Gasteiger partial charge in [0.25, 0.3) is 0 Å². The van der Waals surface area contributed by atoms with Crippen molar-refractivity contribution in [2.45, 2.75) is 19.4 Å². The maximum absolute atomic E-state index is 13.6. The first-order chi connectivity index (χ1) is 10.7. The van der Waals surface area contributed by atoms with Gasteiger partial charge < -0.3 is 9.88 Å². The number of benzene rings is 2. The van der Waals surface area contributed by atoms with E-state index in [1.807, 2.05) is 37.4 Å². The second-order valence-electron chi connectivity index (χ2n) is 5.53. The van der Waals surface area contributed by atoms with Crippen LogP contribution in [0.3, 0.4) is 0 Å². The highest BCUT2D eigenvalue weighted by Crippen LogP contribution is 2.19. The van der Waals surface area contributed by atoms with Gasteiger partial charge in [0.1, 0.15) is 11.6 Å². The van der Waals surface area contributed by atoms with Gasteiger partial charge in [-0.2, -0.15) is 0 Å². The molecule has 0 bridgehead atoms. The number of hydrogen-bond donors (Lipinski definition) is 1. The lowest BCUT2D eigenvalue weighted by Crippen LogP contribution is -2.24. The molecule has 2 aromatic carbocycles. The summed E-state index contributed by atoms with van der Waals surface area (Å²) in [7, 11) is 2.03. The topological polar surface area (TPSA) is 29.9 Å². The van der Waals surface area contributed by atoms with Gasteiger partial charge in [0.05, 0.1) is 17.1 Å². The molecule has 0 fully saturated rings. The zero-order chi connectivity index (χ0) is 15.5. The van der Waals surface area contributed by atoms with Gasteiger partial charge in [-0.25, -0.2) is 9.37 Å². The molecule has 0 aliphatic carbocycles. The average Bonchev–Trinajstić information content (AvgIpc) is 2.87. The zero-order valence-electron chi connectivity index (χ0n) is 12.9. The van der Waals surface area contributed by atoms with E-state index in [1.54, 1.807) is 6.07 Å². The molecule has 3 rings (SSSR count). The number of halogens is 1. The van der Waals surface area contributed by atoms with Gasteiger partial charge in [0.2, 0.25) is 0 Å². The Morgan fingerprint density at radius 1 is 1.14 bits per heavy atom. The third kappa shape index (κ3) is 2.88. The van der Waals surface area contributed by atoms with E-state index in [4.69, 9.17) is 0 Å². The molecule has 3 nitrogen and oxygen atoms in total. The number of imidazole rings is 1. The number of para-hydroxylation sites is 2. The van der Waals surface area contributed by atoms with Crippen LogP contribution in [-0.4, -0.2) is 16.1 Å². The number of nitrogens with one attached hydrogen (secondary N) is 1. The van der Waals surface area contributed by atoms with Crippen LogP contribution in [0.25, 0.3) is 11.0 Å². The SMILES string of the molecule is CC(NCCc1ccccc1F)c1nc2ccccc2n1C. The summed E-state index contributed by atoms with van der Waals surface area (Å²) >= 11 is 0. The van der Waals surface area contributed by atoms with Gasteiger partial charge >= 0.3 is 0 Å². The van der Waals surface area contributed by atoms with Crippen molar-refractivity contribution in [3.63, 3.8) is 0 Å². The highest BCUT2D eigenvalue weighted by molar-refractivity contribution is 5.75. The molecule has 22 heavy (non-hydrogen) atoms. The number of aryl methyl sites for hydroxylation is 1. The largest absolute Gasteiger partial charge is 0.330 e. The number of hydrogen-bond acceptors (Lipinski definition) is 2. The molecule has 0 aliphatic rings.